The lowest BCUT2D eigenvalue weighted by atomic mass is 10.00. The maximum Gasteiger partial charge on any atom is 0.223 e. The molecule has 0 spiro atoms. The maximum absolute atomic E-state index is 11.1. The van der Waals surface area contributed by atoms with Crippen molar-refractivity contribution in [3.8, 4) is 5.75 Å². The van der Waals surface area contributed by atoms with Crippen LogP contribution < -0.4 is 10.1 Å². The van der Waals surface area contributed by atoms with Crippen LogP contribution in [0.25, 0.3) is 0 Å². The summed E-state index contributed by atoms with van der Waals surface area (Å²) in [5.74, 6) is 1.72. The van der Waals surface area contributed by atoms with Crippen molar-refractivity contribution in [3.63, 3.8) is 0 Å². The summed E-state index contributed by atoms with van der Waals surface area (Å²) >= 11 is 7.18. The lowest BCUT2D eigenvalue weighted by Crippen LogP contribution is -2.04. The minimum Gasteiger partial charge on any atom is -0.494 e. The fourth-order valence-electron chi connectivity index (χ4n) is 2.18. The summed E-state index contributed by atoms with van der Waals surface area (Å²) in [5.41, 5.74) is 1.22. The molecular formula is C17H21ClN2O2S. The molecular weight excluding hydrogens is 332 g/mol. The number of ether oxygens (including phenoxy) is 1. The van der Waals surface area contributed by atoms with Crippen LogP contribution in [0.15, 0.2) is 30.5 Å². The second-order valence-corrected chi connectivity index (χ2v) is 6.83. The van der Waals surface area contributed by atoms with Gasteiger partial charge in [-0.05, 0) is 36.5 Å². The largest absolute Gasteiger partial charge is 0.494 e. The van der Waals surface area contributed by atoms with Crippen LogP contribution in [0.4, 0.5) is 5.13 Å². The topological polar surface area (TPSA) is 51.2 Å². The van der Waals surface area contributed by atoms with Crippen molar-refractivity contribution in [1.29, 1.82) is 0 Å². The number of aromatic nitrogens is 1. The van der Waals surface area contributed by atoms with Gasteiger partial charge >= 0.3 is 0 Å². The van der Waals surface area contributed by atoms with Gasteiger partial charge in [0.1, 0.15) is 5.75 Å². The lowest BCUT2D eigenvalue weighted by Gasteiger charge is -2.11. The van der Waals surface area contributed by atoms with Gasteiger partial charge in [-0.1, -0.05) is 19.1 Å². The molecule has 2 rings (SSSR count). The standard InChI is InChI=1S/C17H21ClN2O2S/c1-12(16-11-19-17(23-16)20-13(2)21)9-14-5-3-6-15(10-14)22-8-4-7-18/h3,5-6,10-12H,4,7-9H2,1-2H3,(H,19,20,21). The van der Waals surface area contributed by atoms with Crippen LogP contribution in [0, 0.1) is 0 Å². The van der Waals surface area contributed by atoms with Gasteiger partial charge in [0, 0.05) is 23.9 Å². The number of thiazole rings is 1. The van der Waals surface area contributed by atoms with Crippen LogP contribution >= 0.6 is 22.9 Å². The number of hydrogen-bond acceptors (Lipinski definition) is 4. The Morgan fingerprint density at radius 2 is 2.30 bits per heavy atom. The van der Waals surface area contributed by atoms with Gasteiger partial charge in [-0.3, -0.25) is 4.79 Å². The molecule has 0 radical (unpaired) electrons. The molecule has 124 valence electrons. The third-order valence-corrected chi connectivity index (χ3v) is 4.69. The highest BCUT2D eigenvalue weighted by atomic mass is 35.5. The van der Waals surface area contributed by atoms with E-state index in [9.17, 15) is 4.79 Å². The number of halogens is 1. The first-order valence-electron chi connectivity index (χ1n) is 7.59. The number of carbonyl (C=O) groups excluding carboxylic acids is 1. The summed E-state index contributed by atoms with van der Waals surface area (Å²) < 4.78 is 5.68. The van der Waals surface area contributed by atoms with Crippen LogP contribution in [-0.2, 0) is 11.2 Å². The Morgan fingerprint density at radius 3 is 3.04 bits per heavy atom. The van der Waals surface area contributed by atoms with Crippen molar-refractivity contribution in [2.24, 2.45) is 0 Å². The van der Waals surface area contributed by atoms with Crippen LogP contribution in [0.5, 0.6) is 5.75 Å². The zero-order valence-corrected chi connectivity index (χ0v) is 14.9. The third-order valence-electron chi connectivity index (χ3n) is 3.28. The predicted octanol–water partition coefficient (Wildman–Crippen LogP) is 4.46. The molecule has 0 aliphatic heterocycles. The first kappa shape index (κ1) is 17.8. The van der Waals surface area contributed by atoms with Gasteiger partial charge in [0.15, 0.2) is 5.13 Å². The zero-order valence-electron chi connectivity index (χ0n) is 13.3. The van der Waals surface area contributed by atoms with E-state index in [1.165, 1.54) is 23.8 Å². The van der Waals surface area contributed by atoms with E-state index in [1.807, 2.05) is 18.3 Å². The fraction of sp³-hybridized carbons (Fsp3) is 0.412. The minimum atomic E-state index is -0.0969. The second-order valence-electron chi connectivity index (χ2n) is 5.39. The molecule has 23 heavy (non-hydrogen) atoms. The monoisotopic (exact) mass is 352 g/mol. The van der Waals surface area contributed by atoms with Crippen molar-refractivity contribution < 1.29 is 9.53 Å². The Kier molecular flexibility index (Phi) is 6.86. The van der Waals surface area contributed by atoms with Crippen LogP contribution in [-0.4, -0.2) is 23.4 Å². The summed E-state index contributed by atoms with van der Waals surface area (Å²) in [6.07, 6.45) is 3.57. The molecule has 0 fully saturated rings. The van der Waals surface area contributed by atoms with E-state index in [2.05, 4.69) is 29.4 Å². The molecule has 0 aliphatic carbocycles. The van der Waals surface area contributed by atoms with Crippen molar-refractivity contribution >= 4 is 34.0 Å². The Bertz CT molecular complexity index is 645. The number of alkyl halides is 1. The Balaban J connectivity index is 1.96. The zero-order chi connectivity index (χ0) is 16.7. The first-order chi connectivity index (χ1) is 11.1. The molecule has 0 bridgehead atoms. The highest BCUT2D eigenvalue weighted by Gasteiger charge is 2.12. The summed E-state index contributed by atoms with van der Waals surface area (Å²) in [6, 6.07) is 8.14. The average Bonchev–Trinajstić information content (AvgIpc) is 2.96. The summed E-state index contributed by atoms with van der Waals surface area (Å²) in [5, 5.41) is 3.37. The number of nitrogens with zero attached hydrogens (tertiary/aromatic N) is 1. The average molecular weight is 353 g/mol. The summed E-state index contributed by atoms with van der Waals surface area (Å²) in [4.78, 5) is 16.5. The van der Waals surface area contributed by atoms with E-state index in [0.717, 1.165) is 23.5 Å². The van der Waals surface area contributed by atoms with E-state index < -0.39 is 0 Å². The van der Waals surface area contributed by atoms with Crippen molar-refractivity contribution in [3.05, 3.63) is 40.9 Å². The quantitative estimate of drug-likeness (QED) is 0.564. The molecule has 0 saturated carbocycles. The van der Waals surface area contributed by atoms with E-state index in [4.69, 9.17) is 16.3 Å². The molecule has 0 aliphatic rings. The molecule has 2 aromatic rings. The Hall–Kier alpha value is -1.59. The molecule has 1 unspecified atom stereocenters. The first-order valence-corrected chi connectivity index (χ1v) is 8.94. The molecule has 1 aromatic heterocycles. The van der Waals surface area contributed by atoms with E-state index in [1.54, 1.807) is 0 Å². The van der Waals surface area contributed by atoms with Gasteiger partial charge in [0.05, 0.1) is 6.61 Å². The molecule has 1 heterocycles. The van der Waals surface area contributed by atoms with Gasteiger partial charge in [0.2, 0.25) is 5.91 Å². The smallest absolute Gasteiger partial charge is 0.223 e. The maximum atomic E-state index is 11.1. The summed E-state index contributed by atoms with van der Waals surface area (Å²) in [6.45, 7) is 4.28. The number of nitrogens with one attached hydrogen (secondary N) is 1. The molecule has 1 amide bonds. The Labute approximate surface area is 145 Å². The Morgan fingerprint density at radius 1 is 1.48 bits per heavy atom. The van der Waals surface area contributed by atoms with Gasteiger partial charge in [-0.2, -0.15) is 0 Å². The van der Waals surface area contributed by atoms with Gasteiger partial charge < -0.3 is 10.1 Å². The van der Waals surface area contributed by atoms with Crippen molar-refractivity contribution in [2.45, 2.75) is 32.6 Å². The number of amides is 1. The number of benzene rings is 1. The van der Waals surface area contributed by atoms with E-state index in [-0.39, 0.29) is 5.91 Å². The third kappa shape index (κ3) is 5.84. The van der Waals surface area contributed by atoms with Gasteiger partial charge in [-0.15, -0.1) is 22.9 Å². The van der Waals surface area contributed by atoms with E-state index >= 15 is 0 Å². The van der Waals surface area contributed by atoms with Crippen molar-refractivity contribution in [2.75, 3.05) is 17.8 Å². The number of carbonyl (C=O) groups is 1. The molecule has 1 N–H and O–H groups in total. The van der Waals surface area contributed by atoms with Gasteiger partial charge in [0.25, 0.3) is 0 Å². The molecule has 6 heteroatoms. The van der Waals surface area contributed by atoms with Gasteiger partial charge in [-0.25, -0.2) is 4.98 Å². The highest BCUT2D eigenvalue weighted by molar-refractivity contribution is 7.15. The fourth-order valence-corrected chi connectivity index (χ4v) is 3.21. The molecule has 1 atom stereocenters. The molecule has 0 saturated heterocycles. The second kappa shape index (κ2) is 8.89. The normalized spacial score (nSPS) is 12.0. The van der Waals surface area contributed by atoms with Crippen molar-refractivity contribution in [1.82, 2.24) is 4.98 Å². The SMILES string of the molecule is CC(=O)Nc1ncc(C(C)Cc2cccc(OCCCCl)c2)s1. The molecule has 4 nitrogen and oxygen atoms in total. The predicted molar refractivity (Wildman–Crippen MR) is 95.8 cm³/mol. The molecule has 1 aromatic carbocycles. The van der Waals surface area contributed by atoms with Crippen LogP contribution in [0.3, 0.4) is 0 Å². The number of hydrogen-bond donors (Lipinski definition) is 1. The number of anilines is 1. The van der Waals surface area contributed by atoms with Crippen LogP contribution in [0.1, 0.15) is 36.6 Å². The van der Waals surface area contributed by atoms with E-state index in [0.29, 0.717) is 23.5 Å². The lowest BCUT2D eigenvalue weighted by molar-refractivity contribution is -0.114. The minimum absolute atomic E-state index is 0.0969. The highest BCUT2D eigenvalue weighted by Crippen LogP contribution is 2.29. The van der Waals surface area contributed by atoms with Crippen LogP contribution in [0.2, 0.25) is 0 Å². The number of rotatable bonds is 8. The summed E-state index contributed by atoms with van der Waals surface area (Å²) in [7, 11) is 0.